The number of benzene rings is 2. The predicted octanol–water partition coefficient (Wildman–Crippen LogP) is 3.22. The molecular weight excluding hydrogens is 372 g/mol. The number of nitrogens with zero attached hydrogens (tertiary/aromatic N) is 3. The van der Waals surface area contributed by atoms with Gasteiger partial charge in [-0.25, -0.2) is 23.1 Å². The molecule has 0 bridgehead atoms. The molecule has 1 aliphatic heterocycles. The molecule has 0 unspecified atom stereocenters. The molecule has 1 saturated heterocycles. The lowest BCUT2D eigenvalue weighted by Crippen LogP contribution is -2.25. The zero-order chi connectivity index (χ0) is 19.4. The van der Waals surface area contributed by atoms with Crippen LogP contribution in [0.4, 0.5) is 5.95 Å². The van der Waals surface area contributed by atoms with Gasteiger partial charge in [0.05, 0.1) is 17.1 Å². The van der Waals surface area contributed by atoms with Gasteiger partial charge in [0.1, 0.15) is 0 Å². The Morgan fingerprint density at radius 3 is 2.29 bits per heavy atom. The number of hydrogen-bond acceptors (Lipinski definition) is 5. The van der Waals surface area contributed by atoms with E-state index in [0.717, 1.165) is 37.1 Å². The normalized spacial score (nSPS) is 14.4. The third-order valence-electron chi connectivity index (χ3n) is 4.80. The summed E-state index contributed by atoms with van der Waals surface area (Å²) < 4.78 is 27.9. The first-order chi connectivity index (χ1) is 13.6. The van der Waals surface area contributed by atoms with Crippen molar-refractivity contribution in [3.63, 3.8) is 0 Å². The van der Waals surface area contributed by atoms with Gasteiger partial charge in [0.15, 0.2) is 0 Å². The zero-order valence-electron chi connectivity index (χ0n) is 15.5. The molecule has 0 radical (unpaired) electrons. The molecule has 0 saturated carbocycles. The van der Waals surface area contributed by atoms with Gasteiger partial charge in [-0.05, 0) is 42.2 Å². The number of nitrogens with one attached hydrogen (secondary N) is 1. The molecule has 6 nitrogen and oxygen atoms in total. The van der Waals surface area contributed by atoms with Crippen LogP contribution in [0.15, 0.2) is 71.8 Å². The Bertz CT molecular complexity index is 1030. The monoisotopic (exact) mass is 394 g/mol. The topological polar surface area (TPSA) is 75.2 Å². The van der Waals surface area contributed by atoms with Gasteiger partial charge in [-0.15, -0.1) is 0 Å². The first-order valence-electron chi connectivity index (χ1n) is 9.34. The lowest BCUT2D eigenvalue weighted by atomic mass is 10.1. The van der Waals surface area contributed by atoms with Crippen LogP contribution in [-0.2, 0) is 16.6 Å². The molecule has 0 amide bonds. The van der Waals surface area contributed by atoms with Crippen molar-refractivity contribution in [1.29, 1.82) is 0 Å². The number of anilines is 1. The van der Waals surface area contributed by atoms with Crippen LogP contribution in [0.3, 0.4) is 0 Å². The second-order valence-corrected chi connectivity index (χ2v) is 8.52. The van der Waals surface area contributed by atoms with Gasteiger partial charge in [-0.2, -0.15) is 0 Å². The number of hydrogen-bond donors (Lipinski definition) is 1. The van der Waals surface area contributed by atoms with E-state index in [-0.39, 0.29) is 11.4 Å². The van der Waals surface area contributed by atoms with Gasteiger partial charge < -0.3 is 4.90 Å². The lowest BCUT2D eigenvalue weighted by molar-refractivity contribution is 0.580. The van der Waals surface area contributed by atoms with E-state index < -0.39 is 10.0 Å². The van der Waals surface area contributed by atoms with Crippen molar-refractivity contribution in [3.05, 3.63) is 72.6 Å². The van der Waals surface area contributed by atoms with E-state index in [1.165, 1.54) is 0 Å². The van der Waals surface area contributed by atoms with Gasteiger partial charge in [0, 0.05) is 19.3 Å². The first kappa shape index (κ1) is 18.6. The SMILES string of the molecule is O=S(=O)(NCc1ccnc(N2CCCC2)n1)c1ccc(-c2ccccc2)cc1. The van der Waals surface area contributed by atoms with Crippen molar-refractivity contribution < 1.29 is 8.42 Å². The molecular formula is C21H22N4O2S. The molecule has 1 aromatic heterocycles. The summed E-state index contributed by atoms with van der Waals surface area (Å²) in [6, 6.07) is 18.5. The average Bonchev–Trinajstić information content (AvgIpc) is 3.28. The first-order valence-corrected chi connectivity index (χ1v) is 10.8. The molecule has 1 N–H and O–H groups in total. The summed E-state index contributed by atoms with van der Waals surface area (Å²) in [6.45, 7) is 2.03. The molecule has 28 heavy (non-hydrogen) atoms. The van der Waals surface area contributed by atoms with Crippen molar-refractivity contribution in [3.8, 4) is 11.1 Å². The summed E-state index contributed by atoms with van der Waals surface area (Å²) in [4.78, 5) is 11.2. The number of rotatable bonds is 6. The van der Waals surface area contributed by atoms with Crippen molar-refractivity contribution in [2.75, 3.05) is 18.0 Å². The zero-order valence-corrected chi connectivity index (χ0v) is 16.3. The summed E-state index contributed by atoms with van der Waals surface area (Å²) in [5.74, 6) is 0.668. The highest BCUT2D eigenvalue weighted by Crippen LogP contribution is 2.21. The van der Waals surface area contributed by atoms with E-state index in [0.29, 0.717) is 11.6 Å². The molecule has 2 heterocycles. The van der Waals surface area contributed by atoms with Gasteiger partial charge in [-0.1, -0.05) is 42.5 Å². The second kappa shape index (κ2) is 8.08. The standard InChI is InChI=1S/C21H22N4O2S/c26-28(27,20-10-8-18(9-11-20)17-6-2-1-3-7-17)23-16-19-12-13-22-21(24-19)25-14-4-5-15-25/h1-3,6-13,23H,4-5,14-16H2. The van der Waals surface area contributed by atoms with E-state index in [1.807, 2.05) is 42.5 Å². The third kappa shape index (κ3) is 4.21. The van der Waals surface area contributed by atoms with Crippen LogP contribution < -0.4 is 9.62 Å². The fraction of sp³-hybridized carbons (Fsp3) is 0.238. The second-order valence-electron chi connectivity index (χ2n) is 6.76. The Balaban J connectivity index is 1.45. The quantitative estimate of drug-likeness (QED) is 0.695. The van der Waals surface area contributed by atoms with Crippen LogP contribution in [0.5, 0.6) is 0 Å². The van der Waals surface area contributed by atoms with Crippen LogP contribution in [-0.4, -0.2) is 31.5 Å². The summed E-state index contributed by atoms with van der Waals surface area (Å²) in [5, 5.41) is 0. The largest absolute Gasteiger partial charge is 0.341 e. The maximum Gasteiger partial charge on any atom is 0.240 e. The van der Waals surface area contributed by atoms with Crippen LogP contribution in [0, 0.1) is 0 Å². The highest BCUT2D eigenvalue weighted by Gasteiger charge is 2.17. The van der Waals surface area contributed by atoms with E-state index in [2.05, 4.69) is 19.6 Å². The predicted molar refractivity (Wildman–Crippen MR) is 109 cm³/mol. The molecule has 4 rings (SSSR count). The molecule has 7 heteroatoms. The minimum atomic E-state index is -3.61. The average molecular weight is 395 g/mol. The van der Waals surface area contributed by atoms with Gasteiger partial charge in [0.25, 0.3) is 0 Å². The van der Waals surface area contributed by atoms with E-state index >= 15 is 0 Å². The van der Waals surface area contributed by atoms with Crippen LogP contribution in [0.25, 0.3) is 11.1 Å². The fourth-order valence-corrected chi connectivity index (χ4v) is 4.26. The molecule has 1 aliphatic rings. The molecule has 0 spiro atoms. The Kier molecular flexibility index (Phi) is 5.36. The molecule has 0 atom stereocenters. The van der Waals surface area contributed by atoms with E-state index in [9.17, 15) is 8.42 Å². The third-order valence-corrected chi connectivity index (χ3v) is 6.22. The highest BCUT2D eigenvalue weighted by molar-refractivity contribution is 7.89. The minimum Gasteiger partial charge on any atom is -0.341 e. The Hall–Kier alpha value is -2.77. The smallest absolute Gasteiger partial charge is 0.240 e. The van der Waals surface area contributed by atoms with Crippen molar-refractivity contribution in [1.82, 2.24) is 14.7 Å². The van der Waals surface area contributed by atoms with Gasteiger partial charge in [0.2, 0.25) is 16.0 Å². The van der Waals surface area contributed by atoms with Crippen LogP contribution in [0.1, 0.15) is 18.5 Å². The van der Waals surface area contributed by atoms with Gasteiger partial charge in [-0.3, -0.25) is 0 Å². The lowest BCUT2D eigenvalue weighted by Gasteiger charge is -2.15. The molecule has 144 valence electrons. The Labute approximate surface area is 165 Å². The summed E-state index contributed by atoms with van der Waals surface area (Å²) >= 11 is 0. The van der Waals surface area contributed by atoms with Gasteiger partial charge >= 0.3 is 0 Å². The molecule has 3 aromatic rings. The van der Waals surface area contributed by atoms with Crippen LogP contribution in [0.2, 0.25) is 0 Å². The molecule has 2 aromatic carbocycles. The maximum absolute atomic E-state index is 12.6. The number of aromatic nitrogens is 2. The molecule has 1 fully saturated rings. The van der Waals surface area contributed by atoms with Crippen molar-refractivity contribution in [2.24, 2.45) is 0 Å². The molecule has 0 aliphatic carbocycles. The summed E-state index contributed by atoms with van der Waals surface area (Å²) in [7, 11) is -3.61. The fourth-order valence-electron chi connectivity index (χ4n) is 3.26. The summed E-state index contributed by atoms with van der Waals surface area (Å²) in [6.07, 6.45) is 3.96. The minimum absolute atomic E-state index is 0.131. The van der Waals surface area contributed by atoms with Crippen molar-refractivity contribution in [2.45, 2.75) is 24.3 Å². The highest BCUT2D eigenvalue weighted by atomic mass is 32.2. The summed E-state index contributed by atoms with van der Waals surface area (Å²) in [5.41, 5.74) is 2.68. The Morgan fingerprint density at radius 1 is 0.893 bits per heavy atom. The maximum atomic E-state index is 12.6. The van der Waals surface area contributed by atoms with Crippen LogP contribution >= 0.6 is 0 Å². The number of sulfonamides is 1. The van der Waals surface area contributed by atoms with E-state index in [4.69, 9.17) is 0 Å². The Morgan fingerprint density at radius 2 is 1.57 bits per heavy atom. The van der Waals surface area contributed by atoms with E-state index in [1.54, 1.807) is 24.4 Å². The van der Waals surface area contributed by atoms with Crippen molar-refractivity contribution >= 4 is 16.0 Å².